The zero-order valence-electron chi connectivity index (χ0n) is 12.4. The average molecular weight is 277 g/mol. The number of carbonyl (C=O) groups is 1. The largest absolute Gasteiger partial charge is 0.399 e. The molecule has 1 heterocycles. The molecule has 0 bridgehead atoms. The van der Waals surface area contributed by atoms with Gasteiger partial charge in [-0.3, -0.25) is 4.79 Å². The van der Waals surface area contributed by atoms with Gasteiger partial charge < -0.3 is 20.7 Å². The number of rotatable bonds is 3. The highest BCUT2D eigenvalue weighted by atomic mass is 16.5. The summed E-state index contributed by atoms with van der Waals surface area (Å²) in [5, 5.41) is 2.84. The van der Waals surface area contributed by atoms with E-state index in [4.69, 9.17) is 10.5 Å². The van der Waals surface area contributed by atoms with Crippen LogP contribution in [0.1, 0.15) is 31.1 Å². The summed E-state index contributed by atoms with van der Waals surface area (Å²) in [6.45, 7) is 8.78. The number of nitrogens with two attached hydrogens (primary N) is 1. The third kappa shape index (κ3) is 3.22. The maximum Gasteiger partial charge on any atom is 0.253 e. The zero-order valence-corrected chi connectivity index (χ0v) is 12.4. The number of nitrogens with one attached hydrogen (secondary N) is 1. The lowest BCUT2D eigenvalue weighted by atomic mass is 10.0. The molecule has 5 nitrogen and oxygen atoms in total. The van der Waals surface area contributed by atoms with Crippen LogP contribution in [0.3, 0.4) is 0 Å². The van der Waals surface area contributed by atoms with E-state index in [-0.39, 0.29) is 11.5 Å². The van der Waals surface area contributed by atoms with Crippen molar-refractivity contribution in [2.24, 2.45) is 0 Å². The first-order valence-corrected chi connectivity index (χ1v) is 6.99. The first kappa shape index (κ1) is 14.7. The molecule has 0 spiro atoms. The van der Waals surface area contributed by atoms with Crippen molar-refractivity contribution >= 4 is 17.3 Å². The van der Waals surface area contributed by atoms with Gasteiger partial charge in [-0.25, -0.2) is 0 Å². The number of amides is 1. The molecule has 110 valence electrons. The standard InChI is InChI=1S/C15H23N3O2/c1-4-17-14(19)12-6-5-11(16)9-13(12)18-7-8-20-15(2,3)10-18/h5-6,9H,4,7-8,10,16H2,1-3H3,(H,17,19). The van der Waals surface area contributed by atoms with Crippen LogP contribution in [-0.2, 0) is 4.74 Å². The van der Waals surface area contributed by atoms with Gasteiger partial charge in [-0.15, -0.1) is 0 Å². The molecule has 20 heavy (non-hydrogen) atoms. The normalized spacial score (nSPS) is 17.9. The van der Waals surface area contributed by atoms with Crippen LogP contribution < -0.4 is 16.0 Å². The van der Waals surface area contributed by atoms with Crippen LogP contribution in [0.2, 0.25) is 0 Å². The van der Waals surface area contributed by atoms with Crippen molar-refractivity contribution in [2.75, 3.05) is 36.9 Å². The van der Waals surface area contributed by atoms with Crippen molar-refractivity contribution in [2.45, 2.75) is 26.4 Å². The third-order valence-corrected chi connectivity index (χ3v) is 3.37. The summed E-state index contributed by atoms with van der Waals surface area (Å²) in [6.07, 6.45) is 0. The predicted octanol–water partition coefficient (Wildman–Crippen LogP) is 1.63. The Bertz CT molecular complexity index is 500. The van der Waals surface area contributed by atoms with Crippen molar-refractivity contribution in [3.05, 3.63) is 23.8 Å². The molecule has 3 N–H and O–H groups in total. The Labute approximate surface area is 120 Å². The molecule has 0 aliphatic carbocycles. The van der Waals surface area contributed by atoms with E-state index >= 15 is 0 Å². The van der Waals surface area contributed by atoms with E-state index < -0.39 is 0 Å². The Kier molecular flexibility index (Phi) is 4.18. The molecule has 0 saturated carbocycles. The summed E-state index contributed by atoms with van der Waals surface area (Å²) in [6, 6.07) is 5.42. The SMILES string of the molecule is CCNC(=O)c1ccc(N)cc1N1CCOC(C)(C)C1. The summed E-state index contributed by atoms with van der Waals surface area (Å²) in [5.41, 5.74) is 7.88. The Hall–Kier alpha value is -1.75. The molecule has 1 saturated heterocycles. The van der Waals surface area contributed by atoms with Crippen LogP contribution >= 0.6 is 0 Å². The van der Waals surface area contributed by atoms with Crippen LogP contribution in [0, 0.1) is 0 Å². The van der Waals surface area contributed by atoms with Gasteiger partial charge in [-0.1, -0.05) is 0 Å². The molecule has 5 heteroatoms. The summed E-state index contributed by atoms with van der Waals surface area (Å²) >= 11 is 0. The molecule has 1 aromatic carbocycles. The van der Waals surface area contributed by atoms with Crippen molar-refractivity contribution in [1.82, 2.24) is 5.32 Å². The molecule has 0 aromatic heterocycles. The topological polar surface area (TPSA) is 67.6 Å². The van der Waals surface area contributed by atoms with E-state index in [9.17, 15) is 4.79 Å². The second-order valence-electron chi connectivity index (χ2n) is 5.67. The molecule has 0 radical (unpaired) electrons. The summed E-state index contributed by atoms with van der Waals surface area (Å²) in [7, 11) is 0. The van der Waals surface area contributed by atoms with Gasteiger partial charge in [0.05, 0.1) is 23.5 Å². The number of morpholine rings is 1. The molecule has 1 fully saturated rings. The van der Waals surface area contributed by atoms with E-state index in [1.807, 2.05) is 13.0 Å². The molecule has 0 atom stereocenters. The average Bonchev–Trinajstić information content (AvgIpc) is 2.37. The quantitative estimate of drug-likeness (QED) is 0.824. The fourth-order valence-corrected chi connectivity index (χ4v) is 2.48. The summed E-state index contributed by atoms with van der Waals surface area (Å²) in [4.78, 5) is 14.3. The lowest BCUT2D eigenvalue weighted by molar-refractivity contribution is -0.0277. The molecule has 1 aliphatic rings. The fourth-order valence-electron chi connectivity index (χ4n) is 2.48. The minimum atomic E-state index is -0.221. The van der Waals surface area contributed by atoms with Gasteiger partial charge in [0, 0.05) is 25.3 Å². The fraction of sp³-hybridized carbons (Fsp3) is 0.533. The van der Waals surface area contributed by atoms with Gasteiger partial charge in [0.15, 0.2) is 0 Å². The van der Waals surface area contributed by atoms with Crippen molar-refractivity contribution < 1.29 is 9.53 Å². The number of hydrogen-bond acceptors (Lipinski definition) is 4. The summed E-state index contributed by atoms with van der Waals surface area (Å²) in [5.74, 6) is -0.0632. The van der Waals surface area contributed by atoms with Crippen LogP contribution in [0.15, 0.2) is 18.2 Å². The highest BCUT2D eigenvalue weighted by molar-refractivity contribution is 6.00. The molecular formula is C15H23N3O2. The third-order valence-electron chi connectivity index (χ3n) is 3.37. The van der Waals surface area contributed by atoms with Crippen molar-refractivity contribution in [3.8, 4) is 0 Å². The number of carbonyl (C=O) groups excluding carboxylic acids is 1. The van der Waals surface area contributed by atoms with Gasteiger partial charge in [-0.2, -0.15) is 0 Å². The van der Waals surface area contributed by atoms with Gasteiger partial charge >= 0.3 is 0 Å². The summed E-state index contributed by atoms with van der Waals surface area (Å²) < 4.78 is 5.72. The Balaban J connectivity index is 2.34. The second kappa shape index (κ2) is 5.71. The Morgan fingerprint density at radius 3 is 2.90 bits per heavy atom. The number of benzene rings is 1. The van der Waals surface area contributed by atoms with Crippen LogP contribution in [0.5, 0.6) is 0 Å². The smallest absolute Gasteiger partial charge is 0.253 e. The number of anilines is 2. The highest BCUT2D eigenvalue weighted by Crippen LogP contribution is 2.28. The maximum atomic E-state index is 12.2. The predicted molar refractivity (Wildman–Crippen MR) is 81.1 cm³/mol. The molecule has 1 amide bonds. The number of ether oxygens (including phenoxy) is 1. The molecule has 2 rings (SSSR count). The monoisotopic (exact) mass is 277 g/mol. The van der Waals surface area contributed by atoms with E-state index in [2.05, 4.69) is 24.1 Å². The van der Waals surface area contributed by atoms with Gasteiger partial charge in [0.25, 0.3) is 5.91 Å². The Morgan fingerprint density at radius 2 is 2.25 bits per heavy atom. The molecule has 1 aliphatic heterocycles. The van der Waals surface area contributed by atoms with E-state index in [0.717, 1.165) is 18.8 Å². The number of nitrogens with zero attached hydrogens (tertiary/aromatic N) is 1. The zero-order chi connectivity index (χ0) is 14.8. The van der Waals surface area contributed by atoms with Crippen LogP contribution in [0.4, 0.5) is 11.4 Å². The molecule has 0 unspecified atom stereocenters. The van der Waals surface area contributed by atoms with Crippen LogP contribution in [-0.4, -0.2) is 37.7 Å². The number of hydrogen-bond donors (Lipinski definition) is 2. The maximum absolute atomic E-state index is 12.2. The van der Waals surface area contributed by atoms with Crippen molar-refractivity contribution in [3.63, 3.8) is 0 Å². The second-order valence-corrected chi connectivity index (χ2v) is 5.67. The first-order chi connectivity index (χ1) is 9.43. The lowest BCUT2D eigenvalue weighted by Crippen LogP contribution is -2.49. The van der Waals surface area contributed by atoms with E-state index in [0.29, 0.717) is 24.4 Å². The lowest BCUT2D eigenvalue weighted by Gasteiger charge is -2.40. The van der Waals surface area contributed by atoms with Gasteiger partial charge in [0.1, 0.15) is 0 Å². The molecule has 1 aromatic rings. The van der Waals surface area contributed by atoms with Crippen LogP contribution in [0.25, 0.3) is 0 Å². The van der Waals surface area contributed by atoms with Gasteiger partial charge in [0.2, 0.25) is 0 Å². The minimum Gasteiger partial charge on any atom is -0.399 e. The Morgan fingerprint density at radius 1 is 1.50 bits per heavy atom. The number of nitrogen functional groups attached to an aromatic ring is 1. The van der Waals surface area contributed by atoms with E-state index in [1.54, 1.807) is 12.1 Å². The first-order valence-electron chi connectivity index (χ1n) is 6.99. The van der Waals surface area contributed by atoms with Gasteiger partial charge in [-0.05, 0) is 39.0 Å². The highest BCUT2D eigenvalue weighted by Gasteiger charge is 2.29. The minimum absolute atomic E-state index is 0.0632. The van der Waals surface area contributed by atoms with Crippen molar-refractivity contribution in [1.29, 1.82) is 0 Å². The molecular weight excluding hydrogens is 254 g/mol. The van der Waals surface area contributed by atoms with E-state index in [1.165, 1.54) is 0 Å².